The predicted molar refractivity (Wildman–Crippen MR) is 109 cm³/mol. The molecule has 0 spiro atoms. The number of anilines is 1. The molecule has 0 heterocycles. The van der Waals surface area contributed by atoms with E-state index >= 15 is 0 Å². The smallest absolute Gasteiger partial charge is 0.338 e. The Morgan fingerprint density at radius 3 is 2.37 bits per heavy atom. The van der Waals surface area contributed by atoms with Gasteiger partial charge < -0.3 is 14.8 Å². The molecule has 0 aliphatic carbocycles. The molecule has 144 valence electrons. The highest BCUT2D eigenvalue weighted by atomic mass is 32.2. The first-order valence-corrected chi connectivity index (χ1v) is 10.1. The Balaban J connectivity index is 1.73. The second-order valence-electron chi connectivity index (χ2n) is 5.96. The Hall–Kier alpha value is -2.47. The maximum absolute atomic E-state index is 12.1. The molecule has 6 heteroatoms. The van der Waals surface area contributed by atoms with Crippen LogP contribution in [0.15, 0.2) is 48.5 Å². The molecule has 0 bridgehead atoms. The van der Waals surface area contributed by atoms with E-state index < -0.39 is 0 Å². The van der Waals surface area contributed by atoms with Crippen molar-refractivity contribution in [3.63, 3.8) is 0 Å². The lowest BCUT2D eigenvalue weighted by atomic mass is 10.2. The molecule has 0 saturated carbocycles. The summed E-state index contributed by atoms with van der Waals surface area (Å²) in [5.41, 5.74) is 2.28. The van der Waals surface area contributed by atoms with Crippen molar-refractivity contribution in [3.05, 3.63) is 59.7 Å². The monoisotopic (exact) mass is 387 g/mol. The second kappa shape index (κ2) is 11.3. The van der Waals surface area contributed by atoms with Crippen molar-refractivity contribution < 1.29 is 19.1 Å². The molecule has 0 atom stereocenters. The number of methoxy groups -OCH3 is 1. The number of amides is 1. The number of benzene rings is 2. The van der Waals surface area contributed by atoms with Gasteiger partial charge in [-0.1, -0.05) is 25.5 Å². The maximum Gasteiger partial charge on any atom is 0.338 e. The number of hydrogen-bond acceptors (Lipinski definition) is 5. The summed E-state index contributed by atoms with van der Waals surface area (Å²) in [7, 11) is 1.63. The Bertz CT molecular complexity index is 729. The molecule has 0 fully saturated rings. The van der Waals surface area contributed by atoms with Crippen molar-refractivity contribution in [1.82, 2.24) is 0 Å². The highest BCUT2D eigenvalue weighted by Crippen LogP contribution is 2.17. The van der Waals surface area contributed by atoms with Gasteiger partial charge in [0.15, 0.2) is 0 Å². The standard InChI is InChI=1S/C21H25NO4S/c1-3-4-13-26-21(24)17-7-9-18(10-8-17)22-20(23)15-27-14-16-5-11-19(25-2)12-6-16/h5-12H,3-4,13-15H2,1-2H3,(H,22,23). The number of carbonyl (C=O) groups is 2. The Morgan fingerprint density at radius 2 is 1.74 bits per heavy atom. The van der Waals surface area contributed by atoms with Crippen LogP contribution in [0.25, 0.3) is 0 Å². The molecule has 1 N–H and O–H groups in total. The summed E-state index contributed by atoms with van der Waals surface area (Å²) in [6, 6.07) is 14.5. The Labute approximate surface area is 164 Å². The normalized spacial score (nSPS) is 10.3. The summed E-state index contributed by atoms with van der Waals surface area (Å²) in [6.45, 7) is 2.47. The molecule has 0 radical (unpaired) electrons. The molecule has 5 nitrogen and oxygen atoms in total. The van der Waals surface area contributed by atoms with Crippen LogP contribution in [0, 0.1) is 0 Å². The van der Waals surface area contributed by atoms with Crippen LogP contribution in [0.3, 0.4) is 0 Å². The summed E-state index contributed by atoms with van der Waals surface area (Å²) in [4.78, 5) is 23.9. The first-order chi connectivity index (χ1) is 13.1. The highest BCUT2D eigenvalue weighted by molar-refractivity contribution is 7.99. The number of esters is 1. The van der Waals surface area contributed by atoms with Crippen LogP contribution in [0.4, 0.5) is 5.69 Å². The Morgan fingerprint density at radius 1 is 1.04 bits per heavy atom. The molecule has 0 unspecified atom stereocenters. The maximum atomic E-state index is 12.1. The summed E-state index contributed by atoms with van der Waals surface area (Å²) < 4.78 is 10.3. The average Bonchev–Trinajstić information content (AvgIpc) is 2.69. The van der Waals surface area contributed by atoms with Gasteiger partial charge in [0.25, 0.3) is 0 Å². The molecule has 2 aromatic rings. The van der Waals surface area contributed by atoms with Crippen LogP contribution in [-0.4, -0.2) is 31.3 Å². The highest BCUT2D eigenvalue weighted by Gasteiger charge is 2.08. The fraction of sp³-hybridized carbons (Fsp3) is 0.333. The van der Waals surface area contributed by atoms with Crippen molar-refractivity contribution in [2.45, 2.75) is 25.5 Å². The van der Waals surface area contributed by atoms with Gasteiger partial charge in [0.1, 0.15) is 5.75 Å². The third kappa shape index (κ3) is 7.35. The van der Waals surface area contributed by atoms with Crippen LogP contribution < -0.4 is 10.1 Å². The lowest BCUT2D eigenvalue weighted by Gasteiger charge is -2.07. The summed E-state index contributed by atoms with van der Waals surface area (Å²) >= 11 is 1.54. The van der Waals surface area contributed by atoms with Gasteiger partial charge in [-0.25, -0.2) is 4.79 Å². The number of carbonyl (C=O) groups excluding carboxylic acids is 2. The van der Waals surface area contributed by atoms with Crippen molar-refractivity contribution in [2.75, 3.05) is 24.8 Å². The van der Waals surface area contributed by atoms with E-state index in [1.165, 1.54) is 11.8 Å². The molecule has 0 aliphatic heterocycles. The minimum Gasteiger partial charge on any atom is -0.497 e. The zero-order valence-corrected chi connectivity index (χ0v) is 16.5. The zero-order chi connectivity index (χ0) is 19.5. The van der Waals surface area contributed by atoms with Crippen molar-refractivity contribution >= 4 is 29.3 Å². The number of nitrogens with one attached hydrogen (secondary N) is 1. The lowest BCUT2D eigenvalue weighted by Crippen LogP contribution is -2.14. The van der Waals surface area contributed by atoms with Crippen molar-refractivity contribution in [3.8, 4) is 5.75 Å². The van der Waals surface area contributed by atoms with Crippen LogP contribution in [0.1, 0.15) is 35.7 Å². The molecule has 1 amide bonds. The quantitative estimate of drug-likeness (QED) is 0.479. The SMILES string of the molecule is CCCCOC(=O)c1ccc(NC(=O)CSCc2ccc(OC)cc2)cc1. The number of hydrogen-bond donors (Lipinski definition) is 1. The van der Waals surface area contributed by atoms with Crippen molar-refractivity contribution in [1.29, 1.82) is 0 Å². The van der Waals surface area contributed by atoms with E-state index in [1.54, 1.807) is 31.4 Å². The largest absolute Gasteiger partial charge is 0.497 e. The summed E-state index contributed by atoms with van der Waals surface area (Å²) in [5.74, 6) is 1.51. The summed E-state index contributed by atoms with van der Waals surface area (Å²) in [6.07, 6.45) is 1.84. The number of unbranched alkanes of at least 4 members (excludes halogenated alkanes) is 1. The molecule has 2 aromatic carbocycles. The summed E-state index contributed by atoms with van der Waals surface area (Å²) in [5, 5.41) is 2.83. The van der Waals surface area contributed by atoms with Crippen LogP contribution in [-0.2, 0) is 15.3 Å². The fourth-order valence-electron chi connectivity index (χ4n) is 2.26. The molecule has 2 rings (SSSR count). The van der Waals surface area contributed by atoms with E-state index in [9.17, 15) is 9.59 Å². The predicted octanol–water partition coefficient (Wildman–Crippen LogP) is 4.52. The van der Waals surface area contributed by atoms with E-state index in [0.29, 0.717) is 23.6 Å². The number of thioether (sulfide) groups is 1. The minimum absolute atomic E-state index is 0.0771. The molecule has 0 saturated heterocycles. The van der Waals surface area contributed by atoms with Crippen molar-refractivity contribution in [2.24, 2.45) is 0 Å². The van der Waals surface area contributed by atoms with E-state index in [2.05, 4.69) is 5.32 Å². The van der Waals surface area contributed by atoms with Gasteiger partial charge in [0.2, 0.25) is 5.91 Å². The molecular formula is C21H25NO4S. The minimum atomic E-state index is -0.337. The molecule has 27 heavy (non-hydrogen) atoms. The van der Waals surface area contributed by atoms with E-state index in [1.807, 2.05) is 31.2 Å². The number of rotatable bonds is 10. The van der Waals surface area contributed by atoms with Crippen LogP contribution >= 0.6 is 11.8 Å². The van der Waals surface area contributed by atoms with Gasteiger partial charge in [-0.15, -0.1) is 11.8 Å². The van der Waals surface area contributed by atoms with Gasteiger partial charge >= 0.3 is 5.97 Å². The van der Waals surface area contributed by atoms with E-state index in [4.69, 9.17) is 9.47 Å². The third-order valence-corrected chi connectivity index (χ3v) is 4.80. The van der Waals surface area contributed by atoms with Gasteiger partial charge in [0, 0.05) is 11.4 Å². The molecular weight excluding hydrogens is 362 g/mol. The second-order valence-corrected chi connectivity index (χ2v) is 6.94. The van der Waals surface area contributed by atoms with Gasteiger partial charge in [-0.2, -0.15) is 0 Å². The van der Waals surface area contributed by atoms with Crippen LogP contribution in [0.2, 0.25) is 0 Å². The fourth-order valence-corrected chi connectivity index (χ4v) is 3.05. The van der Waals surface area contributed by atoms with Crippen LogP contribution in [0.5, 0.6) is 5.75 Å². The first kappa shape index (κ1) is 20.8. The molecule has 0 aromatic heterocycles. The Kier molecular flexibility index (Phi) is 8.71. The first-order valence-electron chi connectivity index (χ1n) is 8.90. The molecule has 0 aliphatic rings. The number of ether oxygens (including phenoxy) is 2. The van der Waals surface area contributed by atoms with Gasteiger partial charge in [-0.3, -0.25) is 4.79 Å². The average molecular weight is 388 g/mol. The van der Waals surface area contributed by atoms with E-state index in [-0.39, 0.29) is 11.9 Å². The van der Waals surface area contributed by atoms with E-state index in [0.717, 1.165) is 29.9 Å². The van der Waals surface area contributed by atoms with Gasteiger partial charge in [-0.05, 0) is 48.4 Å². The lowest BCUT2D eigenvalue weighted by molar-refractivity contribution is -0.113. The topological polar surface area (TPSA) is 64.6 Å². The third-order valence-electron chi connectivity index (χ3n) is 3.80. The zero-order valence-electron chi connectivity index (χ0n) is 15.7. The van der Waals surface area contributed by atoms with Gasteiger partial charge in [0.05, 0.1) is 25.0 Å².